The summed E-state index contributed by atoms with van der Waals surface area (Å²) in [5.41, 5.74) is 1.93. The van der Waals surface area contributed by atoms with Gasteiger partial charge in [0, 0.05) is 6.54 Å². The molecule has 3 nitrogen and oxygen atoms in total. The highest BCUT2D eigenvalue weighted by atomic mass is 19.1. The van der Waals surface area contributed by atoms with Crippen molar-refractivity contribution in [2.45, 2.75) is 25.3 Å². The van der Waals surface area contributed by atoms with Crippen LogP contribution < -0.4 is 5.32 Å². The monoisotopic (exact) mass is 326 g/mol. The topological polar surface area (TPSA) is 32.3 Å². The van der Waals surface area contributed by atoms with Crippen molar-refractivity contribution in [3.05, 3.63) is 71.5 Å². The molecule has 3 rings (SSSR count). The van der Waals surface area contributed by atoms with E-state index >= 15 is 0 Å². The zero-order chi connectivity index (χ0) is 16.8. The molecule has 2 aromatic rings. The fourth-order valence-corrected chi connectivity index (χ4v) is 3.29. The second kappa shape index (κ2) is 8.06. The highest BCUT2D eigenvalue weighted by molar-refractivity contribution is 5.78. The molecule has 0 spiro atoms. The van der Waals surface area contributed by atoms with Gasteiger partial charge in [0.25, 0.3) is 0 Å². The summed E-state index contributed by atoms with van der Waals surface area (Å²) in [6.07, 6.45) is 2.63. The first kappa shape index (κ1) is 16.7. The quantitative estimate of drug-likeness (QED) is 0.883. The maximum Gasteiger partial charge on any atom is 0.224 e. The van der Waals surface area contributed by atoms with E-state index in [-0.39, 0.29) is 24.2 Å². The normalized spacial score (nSPS) is 16.0. The number of nitrogens with one attached hydrogen (secondary N) is 1. The van der Waals surface area contributed by atoms with Crippen LogP contribution in [0.25, 0.3) is 0 Å². The van der Waals surface area contributed by atoms with Crippen LogP contribution in [-0.2, 0) is 11.2 Å². The minimum atomic E-state index is -0.306. The van der Waals surface area contributed by atoms with Crippen molar-refractivity contribution in [1.82, 2.24) is 10.2 Å². The average Bonchev–Trinajstić information content (AvgIpc) is 3.10. The Morgan fingerprint density at radius 2 is 1.83 bits per heavy atom. The van der Waals surface area contributed by atoms with Crippen LogP contribution >= 0.6 is 0 Å². The third-order valence-corrected chi connectivity index (χ3v) is 4.51. The van der Waals surface area contributed by atoms with E-state index in [1.807, 2.05) is 18.2 Å². The van der Waals surface area contributed by atoms with Gasteiger partial charge >= 0.3 is 0 Å². The van der Waals surface area contributed by atoms with Gasteiger partial charge in [-0.3, -0.25) is 9.69 Å². The third-order valence-electron chi connectivity index (χ3n) is 4.51. The molecule has 1 aliphatic heterocycles. The third kappa shape index (κ3) is 4.42. The molecule has 1 N–H and O–H groups in total. The lowest BCUT2D eigenvalue weighted by atomic mass is 10.1. The van der Waals surface area contributed by atoms with Crippen molar-refractivity contribution in [2.75, 3.05) is 19.6 Å². The van der Waals surface area contributed by atoms with Gasteiger partial charge in [0.1, 0.15) is 5.82 Å². The lowest BCUT2D eigenvalue weighted by Gasteiger charge is -2.28. The molecule has 0 aromatic heterocycles. The molecule has 0 radical (unpaired) electrons. The SMILES string of the molecule is O=C(Cc1cccc(F)c1)NCC(c1ccccc1)N1CCCC1. The highest BCUT2D eigenvalue weighted by Gasteiger charge is 2.23. The smallest absolute Gasteiger partial charge is 0.224 e. The van der Waals surface area contributed by atoms with Crippen LogP contribution in [0.2, 0.25) is 0 Å². The molecular formula is C20H23FN2O. The summed E-state index contributed by atoms with van der Waals surface area (Å²) >= 11 is 0. The molecule has 1 aliphatic rings. The van der Waals surface area contributed by atoms with Gasteiger partial charge in [-0.25, -0.2) is 4.39 Å². The van der Waals surface area contributed by atoms with Crippen LogP contribution in [0.3, 0.4) is 0 Å². The van der Waals surface area contributed by atoms with Gasteiger partial charge < -0.3 is 5.32 Å². The minimum Gasteiger partial charge on any atom is -0.354 e. The summed E-state index contributed by atoms with van der Waals surface area (Å²) < 4.78 is 13.2. The van der Waals surface area contributed by atoms with Crippen LogP contribution in [-0.4, -0.2) is 30.4 Å². The van der Waals surface area contributed by atoms with Gasteiger partial charge in [0.2, 0.25) is 5.91 Å². The van der Waals surface area contributed by atoms with Crippen LogP contribution in [0.4, 0.5) is 4.39 Å². The number of hydrogen-bond acceptors (Lipinski definition) is 2. The number of carbonyl (C=O) groups is 1. The molecule has 4 heteroatoms. The molecular weight excluding hydrogens is 303 g/mol. The molecule has 0 aliphatic carbocycles. The van der Waals surface area contributed by atoms with Crippen molar-refractivity contribution in [1.29, 1.82) is 0 Å². The summed E-state index contributed by atoms with van der Waals surface area (Å²) in [5, 5.41) is 3.02. The maximum atomic E-state index is 13.2. The zero-order valence-electron chi connectivity index (χ0n) is 13.7. The Balaban J connectivity index is 1.61. The van der Waals surface area contributed by atoms with E-state index in [4.69, 9.17) is 0 Å². The van der Waals surface area contributed by atoms with Crippen LogP contribution in [0.5, 0.6) is 0 Å². The van der Waals surface area contributed by atoms with Crippen molar-refractivity contribution in [3.63, 3.8) is 0 Å². The molecule has 1 unspecified atom stereocenters. The van der Waals surface area contributed by atoms with Crippen LogP contribution in [0, 0.1) is 5.82 Å². The number of hydrogen-bond donors (Lipinski definition) is 1. The molecule has 2 aromatic carbocycles. The highest BCUT2D eigenvalue weighted by Crippen LogP contribution is 2.24. The summed E-state index contributed by atoms with van der Waals surface area (Å²) in [6.45, 7) is 2.72. The van der Waals surface area contributed by atoms with E-state index in [1.54, 1.807) is 12.1 Å². The van der Waals surface area contributed by atoms with Gasteiger partial charge in [-0.15, -0.1) is 0 Å². The number of rotatable bonds is 6. The standard InChI is InChI=1S/C20H23FN2O/c21-18-10-6-7-16(13-18)14-20(24)22-15-19(23-11-4-5-12-23)17-8-2-1-3-9-17/h1-3,6-10,13,19H,4-5,11-12,14-15H2,(H,22,24). The van der Waals surface area contributed by atoms with Crippen molar-refractivity contribution >= 4 is 5.91 Å². The van der Waals surface area contributed by atoms with E-state index in [0.29, 0.717) is 12.1 Å². The Labute approximate surface area is 142 Å². The second-order valence-corrected chi connectivity index (χ2v) is 6.28. The molecule has 1 atom stereocenters. The Morgan fingerprint density at radius 1 is 1.08 bits per heavy atom. The molecule has 126 valence electrons. The van der Waals surface area contributed by atoms with Crippen molar-refractivity contribution < 1.29 is 9.18 Å². The lowest BCUT2D eigenvalue weighted by Crippen LogP contribution is -2.37. The van der Waals surface area contributed by atoms with E-state index in [0.717, 1.165) is 13.1 Å². The van der Waals surface area contributed by atoms with Gasteiger partial charge in [-0.2, -0.15) is 0 Å². The van der Waals surface area contributed by atoms with E-state index in [2.05, 4.69) is 22.3 Å². The van der Waals surface area contributed by atoms with Crippen LogP contribution in [0.15, 0.2) is 54.6 Å². The van der Waals surface area contributed by atoms with Gasteiger partial charge in [0.05, 0.1) is 12.5 Å². The Morgan fingerprint density at radius 3 is 2.54 bits per heavy atom. The second-order valence-electron chi connectivity index (χ2n) is 6.28. The van der Waals surface area contributed by atoms with Crippen molar-refractivity contribution in [2.24, 2.45) is 0 Å². The van der Waals surface area contributed by atoms with Gasteiger partial charge in [-0.05, 0) is 49.2 Å². The predicted octanol–water partition coefficient (Wildman–Crippen LogP) is 3.32. The lowest BCUT2D eigenvalue weighted by molar-refractivity contribution is -0.120. The molecule has 0 saturated carbocycles. The first-order valence-corrected chi connectivity index (χ1v) is 8.52. The van der Waals surface area contributed by atoms with Crippen molar-refractivity contribution in [3.8, 4) is 0 Å². The minimum absolute atomic E-state index is 0.0688. The van der Waals surface area contributed by atoms with E-state index in [1.165, 1.54) is 30.5 Å². The summed E-state index contributed by atoms with van der Waals surface area (Å²) in [5.74, 6) is -0.375. The molecule has 1 fully saturated rings. The number of amides is 1. The van der Waals surface area contributed by atoms with E-state index < -0.39 is 0 Å². The molecule has 1 heterocycles. The summed E-state index contributed by atoms with van der Waals surface area (Å²) in [7, 11) is 0. The number of nitrogens with zero attached hydrogens (tertiary/aromatic N) is 1. The molecule has 1 amide bonds. The Kier molecular flexibility index (Phi) is 5.59. The van der Waals surface area contributed by atoms with Gasteiger partial charge in [-0.1, -0.05) is 42.5 Å². The first-order chi connectivity index (χ1) is 11.7. The number of likely N-dealkylation sites (tertiary alicyclic amines) is 1. The van der Waals surface area contributed by atoms with Gasteiger partial charge in [0.15, 0.2) is 0 Å². The largest absolute Gasteiger partial charge is 0.354 e. The molecule has 0 bridgehead atoms. The fraction of sp³-hybridized carbons (Fsp3) is 0.350. The zero-order valence-corrected chi connectivity index (χ0v) is 13.7. The molecule has 24 heavy (non-hydrogen) atoms. The number of benzene rings is 2. The number of halogens is 1. The Bertz CT molecular complexity index is 668. The maximum absolute atomic E-state index is 13.2. The van der Waals surface area contributed by atoms with E-state index in [9.17, 15) is 9.18 Å². The molecule has 1 saturated heterocycles. The Hall–Kier alpha value is -2.20. The summed E-state index contributed by atoms with van der Waals surface area (Å²) in [6, 6.07) is 16.7. The predicted molar refractivity (Wildman–Crippen MR) is 93.1 cm³/mol. The fourth-order valence-electron chi connectivity index (χ4n) is 3.29. The first-order valence-electron chi connectivity index (χ1n) is 8.52. The van der Waals surface area contributed by atoms with Crippen LogP contribution in [0.1, 0.15) is 30.0 Å². The number of carbonyl (C=O) groups excluding carboxylic acids is 1. The summed E-state index contributed by atoms with van der Waals surface area (Å²) in [4.78, 5) is 14.7. The average molecular weight is 326 g/mol.